The molecule has 7 heteroatoms. The van der Waals surface area contributed by atoms with Gasteiger partial charge in [0.05, 0.1) is 44.4 Å². The first kappa shape index (κ1) is 22.5. The summed E-state index contributed by atoms with van der Waals surface area (Å²) in [5.74, 6) is 0.114. The summed E-state index contributed by atoms with van der Waals surface area (Å²) in [6.45, 7) is 8.16. The zero-order chi connectivity index (χ0) is 23.6. The van der Waals surface area contributed by atoms with Crippen LogP contribution in [0.3, 0.4) is 0 Å². The molecule has 4 rings (SSSR count). The van der Waals surface area contributed by atoms with Crippen LogP contribution in [-0.4, -0.2) is 51.7 Å². The van der Waals surface area contributed by atoms with Gasteiger partial charge in [-0.15, -0.1) is 0 Å². The van der Waals surface area contributed by atoms with Gasteiger partial charge in [0.2, 0.25) is 0 Å². The van der Waals surface area contributed by atoms with Gasteiger partial charge in [-0.2, -0.15) is 0 Å². The number of aromatic hydroxyl groups is 1. The van der Waals surface area contributed by atoms with E-state index in [1.807, 2.05) is 25.7 Å². The third kappa shape index (κ3) is 3.18. The van der Waals surface area contributed by atoms with E-state index in [1.54, 1.807) is 7.11 Å². The fourth-order valence-electron chi connectivity index (χ4n) is 4.98. The molecule has 0 aliphatic heterocycles. The Hall–Kier alpha value is -2.64. The molecule has 0 spiro atoms. The van der Waals surface area contributed by atoms with E-state index in [2.05, 4.69) is 6.92 Å². The highest BCUT2D eigenvalue weighted by atomic mass is 28.3. The Morgan fingerprint density at radius 3 is 2.25 bits per heavy atom. The van der Waals surface area contributed by atoms with Crippen LogP contribution in [0.4, 0.5) is 0 Å². The van der Waals surface area contributed by atoms with Crippen LogP contribution in [0.25, 0.3) is 10.8 Å². The van der Waals surface area contributed by atoms with E-state index in [0.29, 0.717) is 34.6 Å². The maximum absolute atomic E-state index is 13.6. The Morgan fingerprint density at radius 1 is 1.03 bits per heavy atom. The number of carbonyl (C=O) groups excluding carboxylic acids is 2. The molecule has 1 N–H and O–H groups in total. The van der Waals surface area contributed by atoms with Crippen molar-refractivity contribution >= 4 is 30.4 Å². The van der Waals surface area contributed by atoms with Gasteiger partial charge in [-0.3, -0.25) is 9.59 Å². The van der Waals surface area contributed by atoms with E-state index in [9.17, 15) is 14.7 Å². The third-order valence-electron chi connectivity index (χ3n) is 6.84. The summed E-state index contributed by atoms with van der Waals surface area (Å²) < 4.78 is 17.1. The van der Waals surface area contributed by atoms with E-state index in [-0.39, 0.29) is 39.8 Å². The van der Waals surface area contributed by atoms with E-state index in [0.717, 1.165) is 17.5 Å². The number of allylic oxidation sites excluding steroid dienone is 2. The van der Waals surface area contributed by atoms with E-state index < -0.39 is 8.07 Å². The van der Waals surface area contributed by atoms with Crippen molar-refractivity contribution in [1.82, 2.24) is 0 Å². The monoisotopic (exact) mass is 454 g/mol. The summed E-state index contributed by atoms with van der Waals surface area (Å²) in [5, 5.41) is 12.9. The minimum absolute atomic E-state index is 0.0776. The number of ketones is 2. The zero-order valence-corrected chi connectivity index (χ0v) is 20.8. The van der Waals surface area contributed by atoms with Crippen LogP contribution in [0.5, 0.6) is 17.2 Å². The molecule has 2 aliphatic rings. The van der Waals surface area contributed by atoms with E-state index in [1.165, 1.54) is 20.3 Å². The van der Waals surface area contributed by atoms with E-state index >= 15 is 0 Å². The van der Waals surface area contributed by atoms with Crippen LogP contribution >= 0.6 is 0 Å². The van der Waals surface area contributed by atoms with Gasteiger partial charge >= 0.3 is 0 Å². The number of phenolic OH excluding ortho intramolecular Hbond substituents is 1. The van der Waals surface area contributed by atoms with Crippen molar-refractivity contribution in [3.63, 3.8) is 0 Å². The predicted molar refractivity (Wildman–Crippen MR) is 126 cm³/mol. The van der Waals surface area contributed by atoms with Gasteiger partial charge in [-0.05, 0) is 48.2 Å². The second kappa shape index (κ2) is 7.45. The fraction of sp³-hybridized carbons (Fsp3) is 0.440. The summed E-state index contributed by atoms with van der Waals surface area (Å²) in [7, 11) is 2.55. The van der Waals surface area contributed by atoms with Gasteiger partial charge in [0.1, 0.15) is 17.2 Å². The minimum atomic E-state index is -2.09. The SMILES string of the molecule is COc1c2c(c(OC)c3c(O)c4c(cc13)CC(C)(OC)CC4)C(=O)C=C([Si](C)(C)C)C2=O. The summed E-state index contributed by atoms with van der Waals surface area (Å²) in [6.07, 6.45) is 3.47. The van der Waals surface area contributed by atoms with Crippen molar-refractivity contribution in [2.45, 2.75) is 51.4 Å². The largest absolute Gasteiger partial charge is 0.507 e. The molecule has 2 aromatic carbocycles. The second-order valence-electron chi connectivity index (χ2n) is 9.93. The average Bonchev–Trinajstić information content (AvgIpc) is 2.73. The van der Waals surface area contributed by atoms with Crippen LogP contribution in [0.1, 0.15) is 45.2 Å². The lowest BCUT2D eigenvalue weighted by molar-refractivity contribution is -0.00512. The number of carbonyl (C=O) groups is 2. The Kier molecular flexibility index (Phi) is 5.25. The Labute approximate surface area is 189 Å². The first-order chi connectivity index (χ1) is 15.0. The number of ether oxygens (including phenoxy) is 3. The summed E-state index contributed by atoms with van der Waals surface area (Å²) in [5.41, 5.74) is 1.82. The highest BCUT2D eigenvalue weighted by Gasteiger charge is 2.40. The maximum atomic E-state index is 13.6. The lowest BCUT2D eigenvalue weighted by Crippen LogP contribution is -2.35. The topological polar surface area (TPSA) is 82.1 Å². The van der Waals surface area contributed by atoms with Crippen LogP contribution in [0.15, 0.2) is 17.3 Å². The van der Waals surface area contributed by atoms with Gasteiger partial charge in [0.25, 0.3) is 0 Å². The number of methoxy groups -OCH3 is 3. The molecule has 32 heavy (non-hydrogen) atoms. The Morgan fingerprint density at radius 2 is 1.69 bits per heavy atom. The van der Waals surface area contributed by atoms with Crippen LogP contribution < -0.4 is 9.47 Å². The van der Waals surface area contributed by atoms with Crippen molar-refractivity contribution < 1.29 is 28.9 Å². The molecule has 1 unspecified atom stereocenters. The molecule has 0 bridgehead atoms. The second-order valence-corrected chi connectivity index (χ2v) is 15.0. The summed E-state index contributed by atoms with van der Waals surface area (Å²) in [4.78, 5) is 26.9. The molecular weight excluding hydrogens is 424 g/mol. The molecule has 1 atom stereocenters. The predicted octanol–water partition coefficient (Wildman–Crippen LogP) is 4.64. The molecule has 0 saturated carbocycles. The van der Waals surface area contributed by atoms with Gasteiger partial charge in [0.15, 0.2) is 11.6 Å². The number of phenols is 1. The van der Waals surface area contributed by atoms with Crippen LogP contribution in [0.2, 0.25) is 19.6 Å². The molecule has 0 saturated heterocycles. The summed E-state index contributed by atoms with van der Waals surface area (Å²) >= 11 is 0. The smallest absolute Gasteiger partial charge is 0.190 e. The average molecular weight is 455 g/mol. The Balaban J connectivity index is 2.12. The molecule has 0 aromatic heterocycles. The van der Waals surface area contributed by atoms with Gasteiger partial charge in [0, 0.05) is 18.9 Å². The van der Waals surface area contributed by atoms with E-state index in [4.69, 9.17) is 14.2 Å². The molecule has 0 radical (unpaired) electrons. The maximum Gasteiger partial charge on any atom is 0.190 e. The first-order valence-corrected chi connectivity index (χ1v) is 14.3. The highest BCUT2D eigenvalue weighted by Crippen LogP contribution is 2.50. The fourth-order valence-corrected chi connectivity index (χ4v) is 6.35. The van der Waals surface area contributed by atoms with Crippen molar-refractivity contribution in [1.29, 1.82) is 0 Å². The molecule has 6 nitrogen and oxygen atoms in total. The molecule has 0 heterocycles. The molecule has 2 aliphatic carbocycles. The molecule has 0 fully saturated rings. The lowest BCUT2D eigenvalue weighted by Gasteiger charge is -2.35. The number of hydrogen-bond acceptors (Lipinski definition) is 6. The van der Waals surface area contributed by atoms with Crippen molar-refractivity contribution in [2.75, 3.05) is 21.3 Å². The first-order valence-electron chi connectivity index (χ1n) is 10.8. The number of benzene rings is 2. The molecule has 170 valence electrons. The standard InChI is InChI=1S/C25H30O6Si/c1-25(31-4)9-8-14-13(12-25)10-15-18(21(14)27)24(30-3)19-16(26)11-17(32(5,6)7)22(28)20(19)23(15)29-2/h10-11,27H,8-9,12H2,1-7H3. The number of hydrogen-bond donors (Lipinski definition) is 1. The highest BCUT2D eigenvalue weighted by molar-refractivity contribution is 6.88. The quantitative estimate of drug-likeness (QED) is 0.678. The normalized spacial score (nSPS) is 20.7. The van der Waals surface area contributed by atoms with Crippen molar-refractivity contribution in [2.24, 2.45) is 0 Å². The molecule has 2 aromatic rings. The number of rotatable bonds is 4. The lowest BCUT2D eigenvalue weighted by atomic mass is 9.78. The Bertz CT molecular complexity index is 1200. The molecule has 0 amide bonds. The van der Waals surface area contributed by atoms with Crippen molar-refractivity contribution in [3.05, 3.63) is 39.6 Å². The molecular formula is C25H30O6Si. The number of Topliss-reactive ketones (excluding diaryl/α,β-unsaturated/α-hetero) is 1. The number of fused-ring (bicyclic) bond motifs is 3. The van der Waals surface area contributed by atoms with Crippen LogP contribution in [0, 0.1) is 0 Å². The van der Waals surface area contributed by atoms with Gasteiger partial charge in [-0.1, -0.05) is 19.6 Å². The van der Waals surface area contributed by atoms with Gasteiger partial charge in [-0.25, -0.2) is 0 Å². The minimum Gasteiger partial charge on any atom is -0.507 e. The van der Waals surface area contributed by atoms with Gasteiger partial charge < -0.3 is 19.3 Å². The van der Waals surface area contributed by atoms with Crippen molar-refractivity contribution in [3.8, 4) is 17.2 Å². The van der Waals surface area contributed by atoms with Crippen LogP contribution in [-0.2, 0) is 17.6 Å². The summed E-state index contributed by atoms with van der Waals surface area (Å²) in [6, 6.07) is 1.95. The third-order valence-corrected chi connectivity index (χ3v) is 8.83. The zero-order valence-electron chi connectivity index (χ0n) is 19.8.